The van der Waals surface area contributed by atoms with Crippen LogP contribution in [0, 0.1) is 0 Å². The molecule has 1 unspecified atom stereocenters. The van der Waals surface area contributed by atoms with Crippen LogP contribution in [0.25, 0.3) is 0 Å². The topological polar surface area (TPSA) is 75.3 Å². The normalized spacial score (nSPS) is 12.4. The van der Waals surface area contributed by atoms with Gasteiger partial charge < -0.3 is 5.32 Å². The molecule has 0 spiro atoms. The Kier molecular flexibility index (Phi) is 7.21. The molecule has 0 bridgehead atoms. The van der Waals surface area contributed by atoms with Crippen molar-refractivity contribution in [3.05, 3.63) is 60.2 Å². The smallest absolute Gasteiger partial charge is 0.261 e. The average molecular weight is 375 g/mol. The third kappa shape index (κ3) is 5.88. The van der Waals surface area contributed by atoms with Gasteiger partial charge in [-0.25, -0.2) is 8.42 Å². The van der Waals surface area contributed by atoms with E-state index in [1.807, 2.05) is 6.92 Å². The molecule has 1 atom stereocenters. The van der Waals surface area contributed by atoms with Gasteiger partial charge in [0.15, 0.2) is 0 Å². The zero-order chi connectivity index (χ0) is 19.0. The minimum Gasteiger partial charge on any atom is -0.350 e. The van der Waals surface area contributed by atoms with E-state index in [2.05, 4.69) is 17.0 Å². The van der Waals surface area contributed by atoms with Crippen LogP contribution >= 0.6 is 0 Å². The highest BCUT2D eigenvalue weighted by Gasteiger charge is 2.14. The fourth-order valence-corrected chi connectivity index (χ4v) is 3.66. The Hall–Kier alpha value is -2.34. The lowest BCUT2D eigenvalue weighted by atomic mass is 10.1. The van der Waals surface area contributed by atoms with E-state index >= 15 is 0 Å². The lowest BCUT2D eigenvalue weighted by Gasteiger charge is -2.14. The molecule has 0 radical (unpaired) electrons. The molecule has 1 amide bonds. The van der Waals surface area contributed by atoms with E-state index in [4.69, 9.17) is 0 Å². The number of carbonyl (C=O) groups excluding carboxylic acids is 1. The van der Waals surface area contributed by atoms with Crippen LogP contribution in [-0.2, 0) is 10.0 Å². The molecule has 6 heteroatoms. The molecule has 5 nitrogen and oxygen atoms in total. The first-order valence-electron chi connectivity index (χ1n) is 8.91. The second-order valence-electron chi connectivity index (χ2n) is 6.37. The van der Waals surface area contributed by atoms with Crippen molar-refractivity contribution in [1.82, 2.24) is 5.32 Å². The third-order valence-corrected chi connectivity index (χ3v) is 5.47. The predicted molar refractivity (Wildman–Crippen MR) is 105 cm³/mol. The SMILES string of the molecule is CCCCCC(C)NC(=O)c1ccc(NS(=O)(=O)c2ccccc2)cc1. The van der Waals surface area contributed by atoms with Crippen LogP contribution in [0.3, 0.4) is 0 Å². The van der Waals surface area contributed by atoms with E-state index in [-0.39, 0.29) is 16.8 Å². The number of sulfonamides is 1. The molecule has 2 N–H and O–H groups in total. The minimum atomic E-state index is -3.63. The largest absolute Gasteiger partial charge is 0.350 e. The molecule has 0 heterocycles. The second kappa shape index (κ2) is 9.38. The summed E-state index contributed by atoms with van der Waals surface area (Å²) in [5, 5.41) is 2.97. The first kappa shape index (κ1) is 20.0. The fraction of sp³-hybridized carbons (Fsp3) is 0.350. The molecular formula is C20H26N2O3S. The molecule has 0 saturated heterocycles. The molecule has 0 aliphatic carbocycles. The molecule has 140 valence electrons. The number of amides is 1. The summed E-state index contributed by atoms with van der Waals surface area (Å²) in [6.07, 6.45) is 4.37. The van der Waals surface area contributed by atoms with E-state index in [1.54, 1.807) is 42.5 Å². The Morgan fingerprint density at radius 1 is 1.00 bits per heavy atom. The summed E-state index contributed by atoms with van der Waals surface area (Å²) < 4.78 is 27.1. The molecule has 2 rings (SSSR count). The second-order valence-corrected chi connectivity index (χ2v) is 8.05. The molecule has 26 heavy (non-hydrogen) atoms. The van der Waals surface area contributed by atoms with Crippen molar-refractivity contribution in [2.45, 2.75) is 50.5 Å². The number of nitrogens with one attached hydrogen (secondary N) is 2. The maximum absolute atomic E-state index is 12.3. The van der Waals surface area contributed by atoms with Crippen molar-refractivity contribution < 1.29 is 13.2 Å². The Bertz CT molecular complexity index is 803. The van der Waals surface area contributed by atoms with Gasteiger partial charge in [0.1, 0.15) is 0 Å². The first-order chi connectivity index (χ1) is 12.4. The van der Waals surface area contributed by atoms with Gasteiger partial charge in [-0.1, -0.05) is 44.4 Å². The molecule has 0 aromatic heterocycles. The number of hydrogen-bond acceptors (Lipinski definition) is 3. The maximum atomic E-state index is 12.3. The summed E-state index contributed by atoms with van der Waals surface area (Å²) in [5.74, 6) is -0.147. The van der Waals surface area contributed by atoms with Gasteiger partial charge in [0.2, 0.25) is 0 Å². The van der Waals surface area contributed by atoms with Gasteiger partial charge >= 0.3 is 0 Å². The lowest BCUT2D eigenvalue weighted by molar-refractivity contribution is 0.0938. The number of hydrogen-bond donors (Lipinski definition) is 2. The zero-order valence-corrected chi connectivity index (χ0v) is 16.1. The molecule has 0 aliphatic heterocycles. The standard InChI is InChI=1S/C20H26N2O3S/c1-3-4-6-9-16(2)21-20(23)17-12-14-18(15-13-17)22-26(24,25)19-10-7-5-8-11-19/h5,7-8,10-16,22H,3-4,6,9H2,1-2H3,(H,21,23). The summed E-state index contributed by atoms with van der Waals surface area (Å²) >= 11 is 0. The van der Waals surface area contributed by atoms with Gasteiger partial charge in [-0.2, -0.15) is 0 Å². The first-order valence-corrected chi connectivity index (χ1v) is 10.4. The fourth-order valence-electron chi connectivity index (χ4n) is 2.58. The van der Waals surface area contributed by atoms with Crippen LogP contribution in [0.4, 0.5) is 5.69 Å². The van der Waals surface area contributed by atoms with E-state index in [0.29, 0.717) is 11.3 Å². The number of benzene rings is 2. The van der Waals surface area contributed by atoms with E-state index < -0.39 is 10.0 Å². The summed E-state index contributed by atoms with van der Waals surface area (Å²) in [4.78, 5) is 12.5. The van der Waals surface area contributed by atoms with Crippen LogP contribution < -0.4 is 10.0 Å². The van der Waals surface area contributed by atoms with Crippen molar-refractivity contribution in [2.24, 2.45) is 0 Å². The molecular weight excluding hydrogens is 348 g/mol. The monoisotopic (exact) mass is 374 g/mol. The number of unbranched alkanes of at least 4 members (excludes halogenated alkanes) is 2. The Labute approximate surface area is 155 Å². The van der Waals surface area contributed by atoms with Gasteiger partial charge in [0, 0.05) is 17.3 Å². The van der Waals surface area contributed by atoms with Crippen molar-refractivity contribution >= 4 is 21.6 Å². The summed E-state index contributed by atoms with van der Waals surface area (Å²) in [6.45, 7) is 4.15. The quantitative estimate of drug-likeness (QED) is 0.646. The highest BCUT2D eigenvalue weighted by molar-refractivity contribution is 7.92. The highest BCUT2D eigenvalue weighted by atomic mass is 32.2. The lowest BCUT2D eigenvalue weighted by Crippen LogP contribution is -2.32. The van der Waals surface area contributed by atoms with Crippen LogP contribution in [0.15, 0.2) is 59.5 Å². The molecule has 2 aromatic rings. The van der Waals surface area contributed by atoms with Crippen LogP contribution in [0.1, 0.15) is 49.9 Å². The van der Waals surface area contributed by atoms with E-state index in [0.717, 1.165) is 25.7 Å². The Balaban J connectivity index is 1.96. The summed E-state index contributed by atoms with van der Waals surface area (Å²) in [6, 6.07) is 14.7. The van der Waals surface area contributed by atoms with Crippen molar-refractivity contribution in [1.29, 1.82) is 0 Å². The van der Waals surface area contributed by atoms with Gasteiger partial charge in [-0.3, -0.25) is 9.52 Å². The molecule has 0 aliphatic rings. The maximum Gasteiger partial charge on any atom is 0.261 e. The van der Waals surface area contributed by atoms with Crippen LogP contribution in [0.5, 0.6) is 0 Å². The van der Waals surface area contributed by atoms with Gasteiger partial charge in [-0.05, 0) is 49.7 Å². The van der Waals surface area contributed by atoms with Crippen LogP contribution in [0.2, 0.25) is 0 Å². The van der Waals surface area contributed by atoms with Gasteiger partial charge in [0.25, 0.3) is 15.9 Å². The summed E-state index contributed by atoms with van der Waals surface area (Å²) in [7, 11) is -3.63. The number of anilines is 1. The minimum absolute atomic E-state index is 0.116. The Morgan fingerprint density at radius 2 is 1.65 bits per heavy atom. The van der Waals surface area contributed by atoms with Crippen molar-refractivity contribution in [2.75, 3.05) is 4.72 Å². The summed E-state index contributed by atoms with van der Waals surface area (Å²) in [5.41, 5.74) is 0.927. The van der Waals surface area contributed by atoms with Gasteiger partial charge in [0.05, 0.1) is 4.90 Å². The predicted octanol–water partition coefficient (Wildman–Crippen LogP) is 4.19. The third-order valence-electron chi connectivity index (χ3n) is 4.07. The van der Waals surface area contributed by atoms with Gasteiger partial charge in [-0.15, -0.1) is 0 Å². The zero-order valence-electron chi connectivity index (χ0n) is 15.2. The number of rotatable bonds is 9. The highest BCUT2D eigenvalue weighted by Crippen LogP contribution is 2.16. The van der Waals surface area contributed by atoms with Crippen molar-refractivity contribution in [3.63, 3.8) is 0 Å². The van der Waals surface area contributed by atoms with E-state index in [1.165, 1.54) is 12.1 Å². The Morgan fingerprint density at radius 3 is 2.27 bits per heavy atom. The average Bonchev–Trinajstić information content (AvgIpc) is 2.63. The molecule has 0 saturated carbocycles. The van der Waals surface area contributed by atoms with E-state index in [9.17, 15) is 13.2 Å². The van der Waals surface area contributed by atoms with Crippen LogP contribution in [-0.4, -0.2) is 20.4 Å². The molecule has 0 fully saturated rings. The number of carbonyl (C=O) groups is 1. The van der Waals surface area contributed by atoms with Crippen molar-refractivity contribution in [3.8, 4) is 0 Å². The molecule has 2 aromatic carbocycles.